The molecule has 1 aliphatic rings. The lowest BCUT2D eigenvalue weighted by molar-refractivity contribution is 0.0170. The van der Waals surface area contributed by atoms with Gasteiger partial charge in [0.05, 0.1) is 31.4 Å². The number of nitrogens with zero attached hydrogens (tertiary/aromatic N) is 3. The summed E-state index contributed by atoms with van der Waals surface area (Å²) in [6.07, 6.45) is 2.82. The van der Waals surface area contributed by atoms with Crippen molar-refractivity contribution in [1.82, 2.24) is 20.5 Å². The van der Waals surface area contributed by atoms with Gasteiger partial charge in [0.1, 0.15) is 5.75 Å². The molecule has 0 spiro atoms. The molecule has 3 rings (SSSR count). The Kier molecular flexibility index (Phi) is 10.8. The van der Waals surface area contributed by atoms with Crippen molar-refractivity contribution >= 4 is 41.3 Å². The highest BCUT2D eigenvalue weighted by Crippen LogP contribution is 2.23. The maximum atomic E-state index is 5.54. The minimum atomic E-state index is 0. The van der Waals surface area contributed by atoms with Crippen LogP contribution in [0.5, 0.6) is 5.75 Å². The van der Waals surface area contributed by atoms with E-state index in [0.717, 1.165) is 62.5 Å². The molecule has 1 fully saturated rings. The number of benzene rings is 1. The Bertz CT molecular complexity index is 778. The topological polar surface area (TPSA) is 71.0 Å². The highest BCUT2D eigenvalue weighted by Gasteiger charge is 2.23. The third-order valence-corrected chi connectivity index (χ3v) is 5.95. The zero-order chi connectivity index (χ0) is 20.5. The summed E-state index contributed by atoms with van der Waals surface area (Å²) in [5, 5.41) is 8.04. The van der Waals surface area contributed by atoms with Gasteiger partial charge in [-0.1, -0.05) is 12.1 Å². The van der Waals surface area contributed by atoms with Crippen LogP contribution in [0.2, 0.25) is 0 Å². The first-order valence-electron chi connectivity index (χ1n) is 10.0. The Morgan fingerprint density at radius 1 is 1.27 bits per heavy atom. The molecule has 9 heteroatoms. The molecule has 0 radical (unpaired) electrons. The van der Waals surface area contributed by atoms with Gasteiger partial charge in [-0.25, -0.2) is 4.98 Å². The summed E-state index contributed by atoms with van der Waals surface area (Å²) < 4.78 is 10.9. The van der Waals surface area contributed by atoms with Crippen molar-refractivity contribution in [2.75, 3.05) is 53.6 Å². The molecule has 0 saturated carbocycles. The van der Waals surface area contributed by atoms with Crippen LogP contribution in [0.25, 0.3) is 0 Å². The zero-order valence-corrected chi connectivity index (χ0v) is 21.0. The molecule has 30 heavy (non-hydrogen) atoms. The molecule has 1 unspecified atom stereocenters. The number of thiazole rings is 1. The van der Waals surface area contributed by atoms with Gasteiger partial charge in [0.2, 0.25) is 0 Å². The second kappa shape index (κ2) is 13.1. The molecular weight excluding hydrogens is 513 g/mol. The van der Waals surface area contributed by atoms with E-state index in [1.807, 2.05) is 18.3 Å². The Labute approximate surface area is 200 Å². The number of guanidine groups is 1. The molecular formula is C21H32IN5O2S. The van der Waals surface area contributed by atoms with Crippen LogP contribution >= 0.6 is 35.3 Å². The minimum absolute atomic E-state index is 0. The third kappa shape index (κ3) is 7.36. The molecule has 1 saturated heterocycles. The van der Waals surface area contributed by atoms with E-state index < -0.39 is 0 Å². The maximum absolute atomic E-state index is 5.54. The van der Waals surface area contributed by atoms with Crippen LogP contribution in [0, 0.1) is 6.92 Å². The minimum Gasteiger partial charge on any atom is -0.497 e. The average molecular weight is 545 g/mol. The smallest absolute Gasteiger partial charge is 0.191 e. The highest BCUT2D eigenvalue weighted by molar-refractivity contribution is 14.0. The molecule has 2 heterocycles. The van der Waals surface area contributed by atoms with Crippen molar-refractivity contribution in [2.45, 2.75) is 19.4 Å². The van der Waals surface area contributed by atoms with E-state index in [0.29, 0.717) is 0 Å². The van der Waals surface area contributed by atoms with Crippen LogP contribution < -0.4 is 15.4 Å². The van der Waals surface area contributed by atoms with Gasteiger partial charge >= 0.3 is 0 Å². The van der Waals surface area contributed by atoms with Crippen LogP contribution in [0.1, 0.15) is 21.5 Å². The van der Waals surface area contributed by atoms with Crippen LogP contribution in [0.4, 0.5) is 0 Å². The van der Waals surface area contributed by atoms with Crippen molar-refractivity contribution < 1.29 is 9.47 Å². The lowest BCUT2D eigenvalue weighted by Gasteiger charge is -2.35. The fraction of sp³-hybridized carbons (Fsp3) is 0.524. The molecule has 1 aliphatic heterocycles. The molecule has 2 N–H and O–H groups in total. The summed E-state index contributed by atoms with van der Waals surface area (Å²) >= 11 is 1.74. The van der Waals surface area contributed by atoms with Crippen LogP contribution in [0.15, 0.2) is 35.5 Å². The van der Waals surface area contributed by atoms with E-state index in [1.54, 1.807) is 25.5 Å². The first-order valence-corrected chi connectivity index (χ1v) is 10.8. The van der Waals surface area contributed by atoms with Crippen LogP contribution in [-0.2, 0) is 11.2 Å². The lowest BCUT2D eigenvalue weighted by Crippen LogP contribution is -2.46. The summed E-state index contributed by atoms with van der Waals surface area (Å²) in [4.78, 5) is 12.5. The number of aliphatic imine (C=N–C) groups is 1. The monoisotopic (exact) mass is 545 g/mol. The molecule has 0 amide bonds. The molecule has 2 aromatic rings. The highest BCUT2D eigenvalue weighted by atomic mass is 127. The fourth-order valence-electron chi connectivity index (χ4n) is 3.39. The predicted octanol–water partition coefficient (Wildman–Crippen LogP) is 2.86. The summed E-state index contributed by atoms with van der Waals surface area (Å²) in [5.74, 6) is 1.68. The Hall–Kier alpha value is -1.43. The molecule has 1 atom stereocenters. The number of aryl methyl sites for hydroxylation is 1. The van der Waals surface area contributed by atoms with Gasteiger partial charge in [-0.3, -0.25) is 9.89 Å². The average Bonchev–Trinajstić information content (AvgIpc) is 3.18. The van der Waals surface area contributed by atoms with E-state index in [1.165, 1.54) is 10.4 Å². The number of nitrogens with one attached hydrogen (secondary N) is 2. The number of hydrogen-bond donors (Lipinski definition) is 2. The van der Waals surface area contributed by atoms with E-state index >= 15 is 0 Å². The van der Waals surface area contributed by atoms with Gasteiger partial charge in [0, 0.05) is 50.7 Å². The van der Waals surface area contributed by atoms with E-state index in [-0.39, 0.29) is 30.0 Å². The molecule has 0 aliphatic carbocycles. The summed E-state index contributed by atoms with van der Waals surface area (Å²) in [6.45, 7) is 7.04. The number of ether oxygens (including phenoxy) is 2. The Morgan fingerprint density at radius 2 is 2.00 bits per heavy atom. The summed E-state index contributed by atoms with van der Waals surface area (Å²) in [7, 11) is 3.50. The van der Waals surface area contributed by atoms with Crippen molar-refractivity contribution in [3.05, 3.63) is 45.9 Å². The normalized spacial score (nSPS) is 15.9. The fourth-order valence-corrected chi connectivity index (χ4v) is 4.18. The van der Waals surface area contributed by atoms with Crippen molar-refractivity contribution in [3.8, 4) is 5.75 Å². The van der Waals surface area contributed by atoms with Gasteiger partial charge < -0.3 is 20.1 Å². The summed E-state index contributed by atoms with van der Waals surface area (Å²) in [6, 6.07) is 8.56. The van der Waals surface area contributed by atoms with Crippen LogP contribution in [0.3, 0.4) is 0 Å². The van der Waals surface area contributed by atoms with E-state index in [9.17, 15) is 0 Å². The van der Waals surface area contributed by atoms with Gasteiger partial charge in [-0.15, -0.1) is 35.3 Å². The van der Waals surface area contributed by atoms with Gasteiger partial charge in [0.25, 0.3) is 0 Å². The second-order valence-electron chi connectivity index (χ2n) is 6.93. The van der Waals surface area contributed by atoms with Crippen molar-refractivity contribution in [3.63, 3.8) is 0 Å². The number of hydrogen-bond acceptors (Lipinski definition) is 6. The van der Waals surface area contributed by atoms with Gasteiger partial charge in [-0.05, 0) is 24.6 Å². The number of aromatic nitrogens is 1. The lowest BCUT2D eigenvalue weighted by atomic mass is 10.0. The number of halogens is 1. The van der Waals surface area contributed by atoms with Gasteiger partial charge in [-0.2, -0.15) is 0 Å². The molecule has 166 valence electrons. The molecule has 7 nitrogen and oxygen atoms in total. The third-order valence-electron chi connectivity index (χ3n) is 4.97. The zero-order valence-electron chi connectivity index (χ0n) is 17.9. The Balaban J connectivity index is 0.00000320. The SMILES string of the molecule is CN=C(NCCc1ncc(C)s1)NCC(c1ccc(OC)cc1)N1CCOCC1.I. The number of methoxy groups -OCH3 is 1. The standard InChI is InChI=1S/C21H31N5O2S.HI/c1-16-14-24-20(29-16)8-9-23-21(22-2)25-15-19(26-10-12-28-13-11-26)17-4-6-18(27-3)7-5-17;/h4-7,14,19H,8-13,15H2,1-3H3,(H2,22,23,25);1H. The number of morpholine rings is 1. The largest absolute Gasteiger partial charge is 0.497 e. The van der Waals surface area contributed by atoms with Gasteiger partial charge in [0.15, 0.2) is 5.96 Å². The van der Waals surface area contributed by atoms with E-state index in [4.69, 9.17) is 9.47 Å². The molecule has 1 aromatic carbocycles. The van der Waals surface area contributed by atoms with Crippen molar-refractivity contribution in [1.29, 1.82) is 0 Å². The molecule has 0 bridgehead atoms. The molecule has 1 aromatic heterocycles. The summed E-state index contributed by atoms with van der Waals surface area (Å²) in [5.41, 5.74) is 1.26. The first-order chi connectivity index (χ1) is 14.2. The number of rotatable bonds is 8. The Morgan fingerprint density at radius 3 is 2.60 bits per heavy atom. The quantitative estimate of drug-likeness (QED) is 0.302. The predicted molar refractivity (Wildman–Crippen MR) is 133 cm³/mol. The van der Waals surface area contributed by atoms with Crippen LogP contribution in [-0.4, -0.2) is 69.4 Å². The van der Waals surface area contributed by atoms with Crippen molar-refractivity contribution in [2.24, 2.45) is 4.99 Å². The van der Waals surface area contributed by atoms with E-state index in [2.05, 4.69) is 44.6 Å². The second-order valence-corrected chi connectivity index (χ2v) is 8.25. The maximum Gasteiger partial charge on any atom is 0.191 e. The first kappa shape index (κ1) is 24.8.